The number of hydrogen-bond acceptors (Lipinski definition) is 4. The van der Waals surface area contributed by atoms with E-state index in [4.69, 9.17) is 16.3 Å². The van der Waals surface area contributed by atoms with Crippen LogP contribution < -0.4 is 4.74 Å². The van der Waals surface area contributed by atoms with Crippen LogP contribution in [0.25, 0.3) is 6.08 Å². The van der Waals surface area contributed by atoms with E-state index in [-0.39, 0.29) is 16.8 Å². The van der Waals surface area contributed by atoms with E-state index in [0.29, 0.717) is 16.2 Å². The molecule has 2 aromatic carbocycles. The van der Waals surface area contributed by atoms with Crippen molar-refractivity contribution in [2.24, 2.45) is 0 Å². The molecule has 3 rings (SSSR count). The highest BCUT2D eigenvalue weighted by atomic mass is 35.5. The Balaban J connectivity index is 1.84. The Hall–Kier alpha value is -2.31. The second kappa shape index (κ2) is 7.51. The summed E-state index contributed by atoms with van der Waals surface area (Å²) >= 11 is 6.86. The molecule has 0 aliphatic carbocycles. The molecule has 0 N–H and O–H groups in total. The standard InChI is InChI=1S/C19H15ClFNO3S/c1-11-3-4-12(7-16(11)25-2)8-17-18(23)22(19(24)26-17)10-13-5-6-14(21)9-15(13)20/h3-9H,10H2,1-2H3/b17-8-. The van der Waals surface area contributed by atoms with Crippen molar-refractivity contribution in [3.8, 4) is 5.75 Å². The van der Waals surface area contributed by atoms with Crippen LogP contribution in [0.1, 0.15) is 16.7 Å². The molecule has 0 atom stereocenters. The average molecular weight is 392 g/mol. The van der Waals surface area contributed by atoms with Gasteiger partial charge in [0.2, 0.25) is 0 Å². The molecule has 7 heteroatoms. The fraction of sp³-hybridized carbons (Fsp3) is 0.158. The predicted molar refractivity (Wildman–Crippen MR) is 101 cm³/mol. The molecule has 1 saturated heterocycles. The molecule has 0 radical (unpaired) electrons. The summed E-state index contributed by atoms with van der Waals surface area (Å²) in [5, 5.41) is -0.211. The van der Waals surface area contributed by atoms with Crippen molar-refractivity contribution in [3.05, 3.63) is 68.8 Å². The number of benzene rings is 2. The highest BCUT2D eigenvalue weighted by molar-refractivity contribution is 8.18. The molecule has 0 unspecified atom stereocenters. The van der Waals surface area contributed by atoms with Gasteiger partial charge in [0.25, 0.3) is 11.1 Å². The number of aryl methyl sites for hydroxylation is 1. The van der Waals surface area contributed by atoms with Crippen LogP contribution in [0.5, 0.6) is 5.75 Å². The molecule has 1 fully saturated rings. The average Bonchev–Trinajstić information content (AvgIpc) is 2.86. The maximum absolute atomic E-state index is 13.2. The minimum Gasteiger partial charge on any atom is -0.496 e. The van der Waals surface area contributed by atoms with Gasteiger partial charge in [0.05, 0.1) is 18.6 Å². The number of imide groups is 1. The van der Waals surface area contributed by atoms with E-state index in [1.54, 1.807) is 19.3 Å². The van der Waals surface area contributed by atoms with E-state index >= 15 is 0 Å². The third-order valence-corrected chi connectivity index (χ3v) is 5.21. The number of halogens is 2. The molecular weight excluding hydrogens is 377 g/mol. The summed E-state index contributed by atoms with van der Waals surface area (Å²) in [6, 6.07) is 9.41. The predicted octanol–water partition coefficient (Wildman–Crippen LogP) is 5.03. The molecule has 1 aliphatic heterocycles. The number of methoxy groups -OCH3 is 1. The first-order valence-electron chi connectivity index (χ1n) is 7.73. The van der Waals surface area contributed by atoms with E-state index in [0.717, 1.165) is 33.9 Å². The van der Waals surface area contributed by atoms with E-state index in [9.17, 15) is 14.0 Å². The lowest BCUT2D eigenvalue weighted by Gasteiger charge is -2.13. The molecule has 1 heterocycles. The smallest absolute Gasteiger partial charge is 0.293 e. The van der Waals surface area contributed by atoms with Crippen molar-refractivity contribution in [2.75, 3.05) is 7.11 Å². The number of ether oxygens (including phenoxy) is 1. The summed E-state index contributed by atoms with van der Waals surface area (Å²) in [6.07, 6.45) is 1.65. The molecule has 2 aromatic rings. The quantitative estimate of drug-likeness (QED) is 0.685. The largest absolute Gasteiger partial charge is 0.496 e. The Bertz CT molecular complexity index is 929. The van der Waals surface area contributed by atoms with Crippen LogP contribution in [-0.2, 0) is 11.3 Å². The number of amides is 2. The minimum absolute atomic E-state index is 0.00165. The molecule has 1 aliphatic rings. The first kappa shape index (κ1) is 18.5. The highest BCUT2D eigenvalue weighted by Crippen LogP contribution is 2.34. The van der Waals surface area contributed by atoms with Crippen LogP contribution in [0.4, 0.5) is 9.18 Å². The summed E-state index contributed by atoms with van der Waals surface area (Å²) in [5.41, 5.74) is 2.25. The zero-order valence-corrected chi connectivity index (χ0v) is 15.7. The maximum atomic E-state index is 13.2. The number of hydrogen-bond donors (Lipinski definition) is 0. The van der Waals surface area contributed by atoms with Gasteiger partial charge < -0.3 is 4.74 Å². The monoisotopic (exact) mass is 391 g/mol. The molecule has 0 saturated carbocycles. The Kier molecular flexibility index (Phi) is 5.34. The van der Waals surface area contributed by atoms with Crippen molar-refractivity contribution in [1.29, 1.82) is 0 Å². The van der Waals surface area contributed by atoms with Crippen LogP contribution in [0, 0.1) is 12.7 Å². The Morgan fingerprint density at radius 3 is 2.69 bits per heavy atom. The molecular formula is C19H15ClFNO3S. The second-order valence-electron chi connectivity index (χ2n) is 5.73. The normalized spacial score (nSPS) is 15.8. The third-order valence-electron chi connectivity index (χ3n) is 3.95. The van der Waals surface area contributed by atoms with Gasteiger partial charge in [0, 0.05) is 5.02 Å². The van der Waals surface area contributed by atoms with Gasteiger partial charge in [-0.25, -0.2) is 4.39 Å². The minimum atomic E-state index is -0.471. The first-order valence-corrected chi connectivity index (χ1v) is 8.92. The summed E-state index contributed by atoms with van der Waals surface area (Å²) in [5.74, 6) is -0.169. The Labute approximate surface area is 159 Å². The lowest BCUT2D eigenvalue weighted by Crippen LogP contribution is -2.27. The summed E-state index contributed by atoms with van der Waals surface area (Å²) < 4.78 is 18.4. The van der Waals surface area contributed by atoms with Crippen LogP contribution in [0.3, 0.4) is 0 Å². The van der Waals surface area contributed by atoms with Gasteiger partial charge in [-0.05, 0) is 59.7 Å². The lowest BCUT2D eigenvalue weighted by molar-refractivity contribution is -0.123. The SMILES string of the molecule is COc1cc(/C=C2\SC(=O)N(Cc3ccc(F)cc3Cl)C2=O)ccc1C. The van der Waals surface area contributed by atoms with E-state index in [2.05, 4.69) is 0 Å². The van der Waals surface area contributed by atoms with Gasteiger partial charge in [-0.3, -0.25) is 14.5 Å². The van der Waals surface area contributed by atoms with Crippen molar-refractivity contribution < 1.29 is 18.7 Å². The molecule has 0 aromatic heterocycles. The zero-order valence-electron chi connectivity index (χ0n) is 14.1. The van der Waals surface area contributed by atoms with Crippen molar-refractivity contribution >= 4 is 40.6 Å². The van der Waals surface area contributed by atoms with E-state index < -0.39 is 11.7 Å². The van der Waals surface area contributed by atoms with Gasteiger partial charge in [-0.1, -0.05) is 29.8 Å². The van der Waals surface area contributed by atoms with Gasteiger partial charge in [-0.15, -0.1) is 0 Å². The number of thioether (sulfide) groups is 1. The van der Waals surface area contributed by atoms with Gasteiger partial charge in [-0.2, -0.15) is 0 Å². The Morgan fingerprint density at radius 2 is 2.00 bits per heavy atom. The fourth-order valence-corrected chi connectivity index (χ4v) is 3.60. The van der Waals surface area contributed by atoms with Crippen LogP contribution >= 0.6 is 23.4 Å². The Morgan fingerprint density at radius 1 is 1.23 bits per heavy atom. The second-order valence-corrected chi connectivity index (χ2v) is 7.13. The number of carbonyl (C=O) groups is 2. The third kappa shape index (κ3) is 3.76. The molecule has 4 nitrogen and oxygen atoms in total. The maximum Gasteiger partial charge on any atom is 0.293 e. The van der Waals surface area contributed by atoms with E-state index in [1.165, 1.54) is 12.1 Å². The molecule has 26 heavy (non-hydrogen) atoms. The number of rotatable bonds is 4. The summed E-state index contributed by atoms with van der Waals surface area (Å²) in [4.78, 5) is 26.2. The van der Waals surface area contributed by atoms with Crippen molar-refractivity contribution in [2.45, 2.75) is 13.5 Å². The molecule has 2 amide bonds. The van der Waals surface area contributed by atoms with Crippen LogP contribution in [-0.4, -0.2) is 23.2 Å². The van der Waals surface area contributed by atoms with E-state index in [1.807, 2.05) is 19.1 Å². The first-order chi connectivity index (χ1) is 12.4. The van der Waals surface area contributed by atoms with Crippen molar-refractivity contribution in [3.63, 3.8) is 0 Å². The molecule has 134 valence electrons. The zero-order chi connectivity index (χ0) is 18.8. The lowest BCUT2D eigenvalue weighted by atomic mass is 10.1. The fourth-order valence-electron chi connectivity index (χ4n) is 2.53. The van der Waals surface area contributed by atoms with Crippen molar-refractivity contribution in [1.82, 2.24) is 4.90 Å². The number of carbonyl (C=O) groups excluding carboxylic acids is 2. The van der Waals surface area contributed by atoms with Gasteiger partial charge in [0.1, 0.15) is 11.6 Å². The van der Waals surface area contributed by atoms with Crippen LogP contribution in [0.2, 0.25) is 5.02 Å². The van der Waals surface area contributed by atoms with Crippen LogP contribution in [0.15, 0.2) is 41.3 Å². The topological polar surface area (TPSA) is 46.6 Å². The molecule has 0 bridgehead atoms. The summed E-state index contributed by atoms with van der Waals surface area (Å²) in [6.45, 7) is 1.92. The number of nitrogens with zero attached hydrogens (tertiary/aromatic N) is 1. The van der Waals surface area contributed by atoms with Gasteiger partial charge >= 0.3 is 0 Å². The van der Waals surface area contributed by atoms with Gasteiger partial charge in [0.15, 0.2) is 0 Å². The summed E-state index contributed by atoms with van der Waals surface area (Å²) in [7, 11) is 1.58. The highest BCUT2D eigenvalue weighted by Gasteiger charge is 2.35. The molecule has 0 spiro atoms.